The van der Waals surface area contributed by atoms with Crippen LogP contribution in [0, 0.1) is 0 Å². The minimum atomic E-state index is -4.95. The molecule has 358 valence electrons. The Balaban J connectivity index is 1.35. The molecule has 0 bridgehead atoms. The Labute approximate surface area is 395 Å². The zero-order valence-corrected chi connectivity index (χ0v) is 40.8. The summed E-state index contributed by atoms with van der Waals surface area (Å²) in [5, 5.41) is 13.1. The fraction of sp³-hybridized carbons (Fsp3) is 0.306. The molecule has 16 nitrogen and oxygen atoms in total. The van der Waals surface area contributed by atoms with Crippen LogP contribution in [0.2, 0.25) is 0 Å². The lowest BCUT2D eigenvalue weighted by atomic mass is 9.79. The van der Waals surface area contributed by atoms with Gasteiger partial charge < -0.3 is 15.3 Å². The van der Waals surface area contributed by atoms with Crippen LogP contribution >= 0.6 is 0 Å². The lowest BCUT2D eigenvalue weighted by molar-refractivity contribution is -0.433. The maximum atomic E-state index is 13.1. The number of benzene rings is 4. The first kappa shape index (κ1) is 49.8. The van der Waals surface area contributed by atoms with E-state index in [1.807, 2.05) is 82.6 Å². The van der Waals surface area contributed by atoms with Gasteiger partial charge in [0.05, 0.1) is 21.6 Å². The Kier molecular flexibility index (Phi) is 13.5. The number of nitrogens with one attached hydrogen (secondary N) is 1. The van der Waals surface area contributed by atoms with Crippen molar-refractivity contribution < 1.29 is 58.2 Å². The van der Waals surface area contributed by atoms with Crippen molar-refractivity contribution in [2.45, 2.75) is 92.7 Å². The molecule has 68 heavy (non-hydrogen) atoms. The van der Waals surface area contributed by atoms with Crippen molar-refractivity contribution in [3.8, 4) is 0 Å². The van der Waals surface area contributed by atoms with Crippen molar-refractivity contribution in [1.29, 1.82) is 0 Å². The minimum absolute atomic E-state index is 0.0584. The van der Waals surface area contributed by atoms with Gasteiger partial charge in [0.15, 0.2) is 5.71 Å². The Hall–Kier alpha value is -6.09. The number of amides is 1. The fourth-order valence-corrected chi connectivity index (χ4v) is 11.7. The van der Waals surface area contributed by atoms with E-state index in [1.54, 1.807) is 30.3 Å². The molecule has 0 saturated carbocycles. The van der Waals surface area contributed by atoms with E-state index in [4.69, 9.17) is 10.1 Å². The predicted octanol–water partition coefficient (Wildman–Crippen LogP) is 8.24. The number of aliphatic carboxylic acids is 1. The molecule has 2 aliphatic rings. The summed E-state index contributed by atoms with van der Waals surface area (Å²) in [5.74, 6) is -1.22. The highest BCUT2D eigenvalue weighted by molar-refractivity contribution is 7.87. The van der Waals surface area contributed by atoms with Crippen LogP contribution in [-0.4, -0.2) is 90.8 Å². The maximum Gasteiger partial charge on any atom is 0.303 e. The summed E-state index contributed by atoms with van der Waals surface area (Å²) in [6.45, 7) is 13.1. The second-order valence-corrected chi connectivity index (χ2v) is 21.9. The van der Waals surface area contributed by atoms with E-state index in [-0.39, 0.29) is 28.0 Å². The molecule has 7 rings (SSSR count). The van der Waals surface area contributed by atoms with Crippen molar-refractivity contribution in [3.05, 3.63) is 125 Å². The SMILES string of the molecule is CCN1/C(=C/C=C(/C=C/C2=[N+](CC)c3ccc4c(S(=O)(=O)O)cc(S(=O)(=O)O)cc4c3C2(C)C)c2ccc(C(=O)NCCCCCC(=O)O)cn2)C(C)(C)c2c1ccc1c(S(=O)(=O)O)cccc21. The van der Waals surface area contributed by atoms with Gasteiger partial charge in [0.2, 0.25) is 5.69 Å². The number of carboxylic acids is 1. The number of carbonyl (C=O) groups excluding carboxylic acids is 1. The highest BCUT2D eigenvalue weighted by Gasteiger charge is 2.46. The van der Waals surface area contributed by atoms with Crippen molar-refractivity contribution in [3.63, 3.8) is 0 Å². The van der Waals surface area contributed by atoms with Crippen LogP contribution in [0.4, 0.5) is 11.4 Å². The number of fused-ring (bicyclic) bond motifs is 6. The Morgan fingerprint density at radius 1 is 0.765 bits per heavy atom. The van der Waals surface area contributed by atoms with Crippen LogP contribution in [0.5, 0.6) is 0 Å². The number of allylic oxidation sites excluding steroid dienone is 6. The quantitative estimate of drug-likeness (QED) is 0.0270. The van der Waals surface area contributed by atoms with Crippen molar-refractivity contribution in [1.82, 2.24) is 10.3 Å². The van der Waals surface area contributed by atoms with Gasteiger partial charge in [-0.05, 0) is 111 Å². The molecule has 0 unspecified atom stereocenters. The maximum absolute atomic E-state index is 13.1. The molecule has 0 saturated heterocycles. The molecule has 0 fully saturated rings. The zero-order chi connectivity index (χ0) is 49.7. The number of likely N-dealkylation sites (N-methyl/N-ethyl adjacent to an activating group) is 1. The van der Waals surface area contributed by atoms with Gasteiger partial charge in [0.1, 0.15) is 16.3 Å². The predicted molar refractivity (Wildman–Crippen MR) is 260 cm³/mol. The lowest BCUT2D eigenvalue weighted by Crippen LogP contribution is -2.28. The average molecular weight is 986 g/mol. The number of rotatable bonds is 16. The van der Waals surface area contributed by atoms with Gasteiger partial charge in [-0.3, -0.25) is 28.2 Å². The molecule has 5 aromatic rings. The third kappa shape index (κ3) is 9.38. The number of hydrogen-bond acceptors (Lipinski definition) is 10. The van der Waals surface area contributed by atoms with E-state index >= 15 is 0 Å². The molecule has 0 aliphatic carbocycles. The first-order chi connectivity index (χ1) is 31.8. The standard InChI is InChI=1S/C49H52N4O12S3/c1-7-52-38-22-19-33-35(13-12-14-40(33)67(60,61)62)45(38)48(3,4)42(52)24-17-30(37-21-16-31(29-51-37)47(56)50-26-11-9-10-15-44(54)55)18-25-43-49(5,6)46-36-27-32(66(57,58)59)28-41(68(63,64)65)34(36)20-23-39(46)53(43)8-2/h12-14,16-25,27-29H,7-11,15,26H2,1-6H3,(H4-,50,54,55,56,57,58,59,60,61,62,63,64,65)/p+1. The highest BCUT2D eigenvalue weighted by Crippen LogP contribution is 2.51. The molecular formula is C49H53N4O12S3+. The first-order valence-electron chi connectivity index (χ1n) is 21.9. The number of carbonyl (C=O) groups is 2. The molecule has 5 N–H and O–H groups in total. The van der Waals surface area contributed by atoms with Crippen LogP contribution < -0.4 is 10.2 Å². The molecule has 19 heteroatoms. The smallest absolute Gasteiger partial charge is 0.303 e. The number of hydrogen-bond donors (Lipinski definition) is 5. The van der Waals surface area contributed by atoms with E-state index in [0.29, 0.717) is 77.8 Å². The summed E-state index contributed by atoms with van der Waals surface area (Å²) in [4.78, 5) is 29.3. The van der Waals surface area contributed by atoms with Gasteiger partial charge in [0, 0.05) is 76.6 Å². The fourth-order valence-electron chi connectivity index (χ4n) is 9.65. The van der Waals surface area contributed by atoms with E-state index in [9.17, 15) is 48.5 Å². The van der Waals surface area contributed by atoms with Crippen LogP contribution in [0.25, 0.3) is 27.1 Å². The van der Waals surface area contributed by atoms with Gasteiger partial charge >= 0.3 is 5.97 Å². The molecule has 0 radical (unpaired) electrons. The van der Waals surface area contributed by atoms with Crippen LogP contribution in [0.3, 0.4) is 0 Å². The van der Waals surface area contributed by atoms with Gasteiger partial charge in [-0.25, -0.2) is 0 Å². The molecule has 0 atom stereocenters. The summed E-state index contributed by atoms with van der Waals surface area (Å²) in [6, 6.07) is 16.8. The number of aromatic nitrogens is 1. The minimum Gasteiger partial charge on any atom is -0.481 e. The van der Waals surface area contributed by atoms with E-state index in [0.717, 1.165) is 28.7 Å². The molecule has 2 aliphatic heterocycles. The topological polar surface area (TPSA) is 249 Å². The number of unbranched alkanes of at least 4 members (excludes halogenated alkanes) is 2. The summed E-state index contributed by atoms with van der Waals surface area (Å²) < 4.78 is 107. The highest BCUT2D eigenvalue weighted by atomic mass is 32.2. The molecule has 4 aromatic carbocycles. The molecule has 0 spiro atoms. The van der Waals surface area contributed by atoms with Gasteiger partial charge in [-0.1, -0.05) is 44.5 Å². The monoisotopic (exact) mass is 985 g/mol. The number of carboxylic acid groups (broad SMARTS) is 1. The van der Waals surface area contributed by atoms with Gasteiger partial charge in [-0.2, -0.15) is 29.8 Å². The number of pyridine rings is 1. The van der Waals surface area contributed by atoms with E-state index < -0.39 is 56.9 Å². The van der Waals surface area contributed by atoms with E-state index in [2.05, 4.69) is 10.2 Å². The van der Waals surface area contributed by atoms with Crippen LogP contribution in [0.1, 0.15) is 94.4 Å². The van der Waals surface area contributed by atoms with E-state index in [1.165, 1.54) is 24.4 Å². The molecule has 1 aromatic heterocycles. The van der Waals surface area contributed by atoms with Crippen molar-refractivity contribution in [2.75, 3.05) is 24.5 Å². The number of anilines is 1. The summed E-state index contributed by atoms with van der Waals surface area (Å²) >= 11 is 0. The molecule has 3 heterocycles. The van der Waals surface area contributed by atoms with Crippen LogP contribution in [-0.2, 0) is 46.0 Å². The molecule has 1 amide bonds. The third-order valence-electron chi connectivity index (χ3n) is 12.7. The van der Waals surface area contributed by atoms with Gasteiger partial charge in [0.25, 0.3) is 36.3 Å². The lowest BCUT2D eigenvalue weighted by Gasteiger charge is -2.26. The Morgan fingerprint density at radius 3 is 2.07 bits per heavy atom. The average Bonchev–Trinajstić information content (AvgIpc) is 3.63. The largest absolute Gasteiger partial charge is 0.481 e. The van der Waals surface area contributed by atoms with Gasteiger partial charge in [-0.15, -0.1) is 0 Å². The normalized spacial score (nSPS) is 16.6. The second kappa shape index (κ2) is 18.4. The third-order valence-corrected chi connectivity index (χ3v) is 15.4. The summed E-state index contributed by atoms with van der Waals surface area (Å²) in [6.07, 6.45) is 10.9. The Morgan fingerprint density at radius 2 is 1.46 bits per heavy atom. The first-order valence-corrected chi connectivity index (χ1v) is 26.2. The zero-order valence-electron chi connectivity index (χ0n) is 38.3. The van der Waals surface area contributed by atoms with Crippen molar-refractivity contribution >= 4 is 86.4 Å². The second-order valence-electron chi connectivity index (χ2n) is 17.7. The summed E-state index contributed by atoms with van der Waals surface area (Å²) in [5.41, 5.74) is 4.32. The molecular weight excluding hydrogens is 933 g/mol. The summed E-state index contributed by atoms with van der Waals surface area (Å²) in [7, 11) is -14.4. The van der Waals surface area contributed by atoms with Crippen LogP contribution in [0.15, 0.2) is 118 Å². The Bertz CT molecular complexity index is 3390. The number of nitrogens with zero attached hydrogens (tertiary/aromatic N) is 3. The van der Waals surface area contributed by atoms with Crippen molar-refractivity contribution in [2.24, 2.45) is 0 Å².